The Morgan fingerprint density at radius 3 is 2.12 bits per heavy atom. The average molecular weight is 609 g/mol. The number of benzene rings is 1. The lowest BCUT2D eigenvalue weighted by molar-refractivity contribution is -0.145. The quantitative estimate of drug-likeness (QED) is 0.355. The van der Waals surface area contributed by atoms with E-state index in [2.05, 4.69) is 19.9 Å². The van der Waals surface area contributed by atoms with Gasteiger partial charge >= 0.3 is 12.4 Å². The smallest absolute Gasteiger partial charge is 0.298 e. The van der Waals surface area contributed by atoms with Crippen LogP contribution in [-0.2, 0) is 33.6 Å². The average Bonchev–Trinajstić information content (AvgIpc) is 3.21. The van der Waals surface area contributed by atoms with E-state index < -0.39 is 88.8 Å². The summed E-state index contributed by atoms with van der Waals surface area (Å²) in [7, 11) is -4.46. The normalized spacial score (nSPS) is 20.4. The monoisotopic (exact) mass is 609 g/mol. The molecule has 1 aromatic carbocycles. The summed E-state index contributed by atoms with van der Waals surface area (Å²) in [5.74, 6) is -4.69. The van der Waals surface area contributed by atoms with Crippen molar-refractivity contribution < 1.29 is 48.3 Å². The van der Waals surface area contributed by atoms with Crippen molar-refractivity contribution >= 4 is 15.8 Å². The van der Waals surface area contributed by atoms with Crippen LogP contribution in [0.15, 0.2) is 47.6 Å². The number of halogens is 8. The van der Waals surface area contributed by atoms with Gasteiger partial charge in [-0.05, 0) is 43.7 Å². The number of Topliss-reactive ketones (excluding diaryl/α,β-unsaturated/α-hetero) is 1. The fourth-order valence-electron chi connectivity index (χ4n) is 4.27. The summed E-state index contributed by atoms with van der Waals surface area (Å²) in [5.41, 5.74) is -1.10. The predicted molar refractivity (Wildman–Crippen MR) is 125 cm³/mol. The third kappa shape index (κ3) is 6.50. The summed E-state index contributed by atoms with van der Waals surface area (Å²) in [6.45, 7) is 1.25. The molecule has 0 bridgehead atoms. The van der Waals surface area contributed by atoms with Crippen molar-refractivity contribution in [2.75, 3.05) is 0 Å². The maximum absolute atomic E-state index is 14.6. The summed E-state index contributed by atoms with van der Waals surface area (Å²) in [4.78, 5) is 25.6. The van der Waals surface area contributed by atoms with Gasteiger partial charge in [-0.15, -0.1) is 0 Å². The highest BCUT2D eigenvalue weighted by atomic mass is 32.2. The number of carbonyl (C=O) groups is 1. The lowest BCUT2D eigenvalue weighted by Crippen LogP contribution is -2.44. The molecule has 2 aromatic heterocycles. The van der Waals surface area contributed by atoms with Gasteiger partial charge in [-0.25, -0.2) is 37.1 Å². The molecule has 41 heavy (non-hydrogen) atoms. The standard InChI is InChI=1S/C24H19F8N5O3S/c1-12-17(26)9-19(37(12)41(39,40)16-5-2-14(25)3-6-16)20(38)7-4-15-8-18(36-22(35-15)24(30,31)32)13-10-33-21(34-11-13)23(27,28)29/h2-3,5-6,8,10-12,17,19H,4,7,9H2,1H3/t12-,17+,19-/m0/s1. The van der Waals surface area contributed by atoms with E-state index >= 15 is 0 Å². The van der Waals surface area contributed by atoms with Gasteiger partial charge in [0.2, 0.25) is 21.7 Å². The van der Waals surface area contributed by atoms with E-state index in [0.717, 1.165) is 30.3 Å². The summed E-state index contributed by atoms with van der Waals surface area (Å²) in [6, 6.07) is 1.90. The van der Waals surface area contributed by atoms with Gasteiger partial charge in [-0.1, -0.05) is 0 Å². The molecule has 0 radical (unpaired) electrons. The minimum Gasteiger partial charge on any atom is -0.298 e. The minimum atomic E-state index is -5.07. The minimum absolute atomic E-state index is 0.292. The first kappa shape index (κ1) is 30.4. The number of alkyl halides is 7. The molecule has 1 fully saturated rings. The zero-order valence-corrected chi connectivity index (χ0v) is 21.6. The number of aryl methyl sites for hydroxylation is 1. The van der Waals surface area contributed by atoms with Crippen LogP contribution in [0.25, 0.3) is 11.3 Å². The van der Waals surface area contributed by atoms with Crippen molar-refractivity contribution in [1.29, 1.82) is 0 Å². The molecular weight excluding hydrogens is 590 g/mol. The van der Waals surface area contributed by atoms with Gasteiger partial charge in [0.1, 0.15) is 12.0 Å². The third-order valence-corrected chi connectivity index (χ3v) is 8.31. The van der Waals surface area contributed by atoms with Crippen LogP contribution in [0.2, 0.25) is 0 Å². The Labute approximate surface area is 227 Å². The first-order chi connectivity index (χ1) is 19.0. The van der Waals surface area contributed by atoms with Crippen LogP contribution in [0.5, 0.6) is 0 Å². The molecule has 0 aliphatic carbocycles. The number of rotatable bonds is 7. The molecule has 0 spiro atoms. The summed E-state index contributed by atoms with van der Waals surface area (Å²) in [6.07, 6.45) is -12.0. The van der Waals surface area contributed by atoms with E-state index in [1.54, 1.807) is 0 Å². The molecule has 0 amide bonds. The number of hydrogen-bond acceptors (Lipinski definition) is 7. The lowest BCUT2D eigenvalue weighted by atomic mass is 10.0. The molecule has 1 saturated heterocycles. The van der Waals surface area contributed by atoms with E-state index in [1.165, 1.54) is 6.92 Å². The second-order valence-electron chi connectivity index (χ2n) is 9.12. The van der Waals surface area contributed by atoms with Crippen molar-refractivity contribution in [2.45, 2.75) is 61.7 Å². The number of ketones is 1. The number of nitrogens with zero attached hydrogens (tertiary/aromatic N) is 5. The highest BCUT2D eigenvalue weighted by Crippen LogP contribution is 2.35. The van der Waals surface area contributed by atoms with E-state index in [1.807, 2.05) is 0 Å². The Hall–Kier alpha value is -3.60. The van der Waals surface area contributed by atoms with Crippen LogP contribution in [0.4, 0.5) is 35.1 Å². The molecule has 1 aliphatic heterocycles. The van der Waals surface area contributed by atoms with Crippen molar-refractivity contribution in [1.82, 2.24) is 24.2 Å². The van der Waals surface area contributed by atoms with E-state index in [0.29, 0.717) is 16.7 Å². The van der Waals surface area contributed by atoms with Gasteiger partial charge in [0.05, 0.1) is 22.7 Å². The molecule has 220 valence electrons. The zero-order valence-electron chi connectivity index (χ0n) is 20.8. The zero-order chi connectivity index (χ0) is 30.3. The summed E-state index contributed by atoms with van der Waals surface area (Å²) < 4.78 is 134. The first-order valence-corrected chi connectivity index (χ1v) is 13.2. The van der Waals surface area contributed by atoms with Crippen LogP contribution in [0.1, 0.15) is 37.1 Å². The van der Waals surface area contributed by atoms with Crippen LogP contribution in [0, 0.1) is 5.82 Å². The molecule has 3 atom stereocenters. The molecule has 0 unspecified atom stereocenters. The number of sulfonamides is 1. The topological polar surface area (TPSA) is 106 Å². The first-order valence-electron chi connectivity index (χ1n) is 11.8. The Balaban J connectivity index is 1.60. The Morgan fingerprint density at radius 2 is 1.56 bits per heavy atom. The molecule has 8 nitrogen and oxygen atoms in total. The van der Waals surface area contributed by atoms with Crippen LogP contribution in [-0.4, -0.2) is 56.7 Å². The van der Waals surface area contributed by atoms with Crippen molar-refractivity contribution in [3.8, 4) is 11.3 Å². The predicted octanol–water partition coefficient (Wildman–Crippen LogP) is 4.80. The van der Waals surface area contributed by atoms with Crippen LogP contribution in [0.3, 0.4) is 0 Å². The van der Waals surface area contributed by atoms with Crippen LogP contribution < -0.4 is 0 Å². The van der Waals surface area contributed by atoms with Gasteiger partial charge in [0.15, 0.2) is 5.78 Å². The van der Waals surface area contributed by atoms with Gasteiger partial charge < -0.3 is 0 Å². The summed E-state index contributed by atoms with van der Waals surface area (Å²) >= 11 is 0. The van der Waals surface area contributed by atoms with E-state index in [-0.39, 0.29) is 16.2 Å². The Kier molecular flexibility index (Phi) is 8.14. The molecule has 4 rings (SSSR count). The third-order valence-electron chi connectivity index (χ3n) is 6.30. The molecule has 17 heteroatoms. The number of carbonyl (C=O) groups excluding carboxylic acids is 1. The SMILES string of the molecule is C[C@H]1[C@H](F)C[C@@H](C(=O)CCc2cc(-c3cnc(C(F)(F)F)nc3)nc(C(F)(F)F)n2)N1S(=O)(=O)c1ccc(F)cc1. The van der Waals surface area contributed by atoms with Gasteiger partial charge in [0.25, 0.3) is 0 Å². The van der Waals surface area contributed by atoms with Crippen LogP contribution >= 0.6 is 0 Å². The van der Waals surface area contributed by atoms with Crippen molar-refractivity contribution in [3.63, 3.8) is 0 Å². The van der Waals surface area contributed by atoms with Gasteiger partial charge in [-0.2, -0.15) is 30.6 Å². The Bertz CT molecular complexity index is 1530. The van der Waals surface area contributed by atoms with E-state index in [9.17, 15) is 48.3 Å². The Morgan fingerprint density at radius 1 is 0.976 bits per heavy atom. The second-order valence-corrected chi connectivity index (χ2v) is 11.0. The van der Waals surface area contributed by atoms with Crippen molar-refractivity contribution in [2.24, 2.45) is 0 Å². The molecular formula is C24H19F8N5O3S. The maximum Gasteiger partial charge on any atom is 0.451 e. The second kappa shape index (κ2) is 11.0. The number of hydrogen-bond donors (Lipinski definition) is 0. The number of aromatic nitrogens is 4. The summed E-state index contributed by atoms with van der Waals surface area (Å²) in [5, 5.41) is 0. The van der Waals surface area contributed by atoms with Crippen molar-refractivity contribution in [3.05, 3.63) is 65.9 Å². The fourth-order valence-corrected chi connectivity index (χ4v) is 6.10. The molecule has 0 saturated carbocycles. The fraction of sp³-hybridized carbons (Fsp3) is 0.375. The maximum atomic E-state index is 14.6. The molecule has 3 aromatic rings. The molecule has 3 heterocycles. The van der Waals surface area contributed by atoms with E-state index in [4.69, 9.17) is 0 Å². The lowest BCUT2D eigenvalue weighted by Gasteiger charge is -2.26. The highest BCUT2D eigenvalue weighted by molar-refractivity contribution is 7.89. The van der Waals surface area contributed by atoms with Gasteiger partial charge in [0, 0.05) is 36.5 Å². The van der Waals surface area contributed by atoms with Gasteiger partial charge in [-0.3, -0.25) is 4.79 Å². The molecule has 1 aliphatic rings. The highest BCUT2D eigenvalue weighted by Gasteiger charge is 2.48. The molecule has 0 N–H and O–H groups in total. The largest absolute Gasteiger partial charge is 0.451 e.